The zero-order valence-electron chi connectivity index (χ0n) is 7.79. The van der Waals surface area contributed by atoms with Crippen molar-refractivity contribution in [2.24, 2.45) is 0 Å². The van der Waals surface area contributed by atoms with Gasteiger partial charge < -0.3 is 15.4 Å². The molecule has 0 aromatic carbocycles. The Morgan fingerprint density at radius 3 is 2.54 bits per heavy atom. The zero-order valence-corrected chi connectivity index (χ0v) is 7.79. The van der Waals surface area contributed by atoms with Crippen LogP contribution in [-0.4, -0.2) is 37.1 Å². The Morgan fingerprint density at radius 2 is 2.15 bits per heavy atom. The van der Waals surface area contributed by atoms with Crippen LogP contribution in [0.25, 0.3) is 0 Å². The predicted octanol–water partition coefficient (Wildman–Crippen LogP) is -0.974. The van der Waals surface area contributed by atoms with Gasteiger partial charge in [0, 0.05) is 20.0 Å². The summed E-state index contributed by atoms with van der Waals surface area (Å²) >= 11 is 0. The summed E-state index contributed by atoms with van der Waals surface area (Å²) in [5.74, 6) is -0.670. The average Bonchev–Trinajstić information content (AvgIpc) is 1.94. The van der Waals surface area contributed by atoms with Crippen molar-refractivity contribution < 1.29 is 14.3 Å². The maximum Gasteiger partial charge on any atom is 0.303 e. The number of carbonyl (C=O) groups is 2. The van der Waals surface area contributed by atoms with Crippen molar-refractivity contribution in [3.63, 3.8) is 0 Å². The fourth-order valence-corrected chi connectivity index (χ4v) is 1.01. The Hall–Kier alpha value is -1.10. The minimum atomic E-state index is -0.696. The second-order valence-electron chi connectivity index (χ2n) is 3.12. The number of nitrogens with one attached hydrogen (secondary N) is 2. The van der Waals surface area contributed by atoms with Crippen molar-refractivity contribution in [1.82, 2.24) is 10.6 Å². The standard InChI is InChI=1S/C8H14N2O3/c1-5(13-6(2)11)8(12)10-7-3-9-4-7/h5,7,9H,3-4H2,1-2H3,(H,10,12). The maximum atomic E-state index is 11.3. The molecule has 0 saturated carbocycles. The lowest BCUT2D eigenvalue weighted by atomic mass is 10.2. The molecule has 0 radical (unpaired) electrons. The Labute approximate surface area is 76.8 Å². The highest BCUT2D eigenvalue weighted by Gasteiger charge is 2.23. The summed E-state index contributed by atoms with van der Waals surface area (Å²) in [6.45, 7) is 4.43. The third-order valence-electron chi connectivity index (χ3n) is 1.84. The van der Waals surface area contributed by atoms with Crippen molar-refractivity contribution >= 4 is 11.9 Å². The molecule has 1 fully saturated rings. The first kappa shape index (κ1) is 9.98. The molecule has 5 heteroatoms. The molecule has 13 heavy (non-hydrogen) atoms. The SMILES string of the molecule is CC(=O)OC(C)C(=O)NC1CNC1. The van der Waals surface area contributed by atoms with Gasteiger partial charge in [-0.15, -0.1) is 0 Å². The van der Waals surface area contributed by atoms with Crippen molar-refractivity contribution in [1.29, 1.82) is 0 Å². The highest BCUT2D eigenvalue weighted by atomic mass is 16.5. The minimum absolute atomic E-state index is 0.186. The number of hydrogen-bond acceptors (Lipinski definition) is 4. The Morgan fingerprint density at radius 1 is 1.54 bits per heavy atom. The van der Waals surface area contributed by atoms with Crippen LogP contribution >= 0.6 is 0 Å². The molecule has 0 aliphatic carbocycles. The second-order valence-corrected chi connectivity index (χ2v) is 3.12. The summed E-state index contributed by atoms with van der Waals surface area (Å²) in [5.41, 5.74) is 0. The van der Waals surface area contributed by atoms with E-state index in [1.165, 1.54) is 6.92 Å². The van der Waals surface area contributed by atoms with Gasteiger partial charge in [-0.25, -0.2) is 0 Å². The van der Waals surface area contributed by atoms with E-state index in [0.717, 1.165) is 13.1 Å². The van der Waals surface area contributed by atoms with Crippen molar-refractivity contribution in [2.45, 2.75) is 26.0 Å². The summed E-state index contributed by atoms with van der Waals surface area (Å²) < 4.78 is 4.71. The molecule has 0 aromatic rings. The number of amides is 1. The van der Waals surface area contributed by atoms with Crippen molar-refractivity contribution in [2.75, 3.05) is 13.1 Å². The van der Waals surface area contributed by atoms with Gasteiger partial charge in [0.15, 0.2) is 6.10 Å². The lowest BCUT2D eigenvalue weighted by molar-refractivity contribution is -0.153. The van der Waals surface area contributed by atoms with E-state index in [4.69, 9.17) is 4.74 Å². The molecule has 2 N–H and O–H groups in total. The molecule has 1 heterocycles. The normalized spacial score (nSPS) is 18.6. The summed E-state index contributed by atoms with van der Waals surface area (Å²) in [7, 11) is 0. The lowest BCUT2D eigenvalue weighted by Crippen LogP contribution is -2.58. The molecule has 0 bridgehead atoms. The van der Waals surface area contributed by atoms with E-state index in [2.05, 4.69) is 10.6 Å². The second kappa shape index (κ2) is 4.23. The molecule has 0 spiro atoms. The van der Waals surface area contributed by atoms with Gasteiger partial charge in [-0.3, -0.25) is 9.59 Å². The number of esters is 1. The highest BCUT2D eigenvalue weighted by molar-refractivity contribution is 5.83. The van der Waals surface area contributed by atoms with Crippen LogP contribution in [0.5, 0.6) is 0 Å². The zero-order chi connectivity index (χ0) is 9.84. The molecule has 1 aliphatic heterocycles. The third kappa shape index (κ3) is 3.02. The van der Waals surface area contributed by atoms with Crippen LogP contribution in [0, 0.1) is 0 Å². The van der Waals surface area contributed by atoms with Crippen LogP contribution in [0.1, 0.15) is 13.8 Å². The molecule has 1 saturated heterocycles. The van der Waals surface area contributed by atoms with E-state index >= 15 is 0 Å². The van der Waals surface area contributed by atoms with Crippen LogP contribution < -0.4 is 10.6 Å². The van der Waals surface area contributed by atoms with Crippen LogP contribution in [0.2, 0.25) is 0 Å². The number of hydrogen-bond donors (Lipinski definition) is 2. The van der Waals surface area contributed by atoms with E-state index < -0.39 is 12.1 Å². The molecule has 74 valence electrons. The summed E-state index contributed by atoms with van der Waals surface area (Å²) in [5, 5.41) is 5.77. The molecule has 1 unspecified atom stereocenters. The molecule has 1 rings (SSSR count). The van der Waals surface area contributed by atoms with E-state index in [9.17, 15) is 9.59 Å². The Bertz CT molecular complexity index is 213. The monoisotopic (exact) mass is 186 g/mol. The maximum absolute atomic E-state index is 11.3. The molecule has 1 atom stereocenters. The Balaban J connectivity index is 2.24. The minimum Gasteiger partial charge on any atom is -0.453 e. The van der Waals surface area contributed by atoms with Gasteiger partial charge in [0.25, 0.3) is 5.91 Å². The smallest absolute Gasteiger partial charge is 0.303 e. The molecule has 5 nitrogen and oxygen atoms in total. The molecule has 0 aromatic heterocycles. The first-order chi connectivity index (χ1) is 6.09. The summed E-state index contributed by atoms with van der Waals surface area (Å²) in [6.07, 6.45) is -0.696. The lowest BCUT2D eigenvalue weighted by Gasteiger charge is -2.28. The van der Waals surface area contributed by atoms with Crippen molar-refractivity contribution in [3.8, 4) is 0 Å². The van der Waals surface area contributed by atoms with Gasteiger partial charge in [0.05, 0.1) is 6.04 Å². The average molecular weight is 186 g/mol. The molecular formula is C8H14N2O3. The molecular weight excluding hydrogens is 172 g/mol. The van der Waals surface area contributed by atoms with Crippen LogP contribution in [0.3, 0.4) is 0 Å². The number of carbonyl (C=O) groups excluding carboxylic acids is 2. The van der Waals surface area contributed by atoms with Gasteiger partial charge in [-0.1, -0.05) is 0 Å². The van der Waals surface area contributed by atoms with E-state index in [1.54, 1.807) is 6.92 Å². The number of ether oxygens (including phenoxy) is 1. The predicted molar refractivity (Wildman–Crippen MR) is 46.0 cm³/mol. The largest absolute Gasteiger partial charge is 0.453 e. The quantitative estimate of drug-likeness (QED) is 0.556. The first-order valence-electron chi connectivity index (χ1n) is 4.28. The number of rotatable bonds is 3. The van der Waals surface area contributed by atoms with Crippen LogP contribution in [0.15, 0.2) is 0 Å². The summed E-state index contributed by atoms with van der Waals surface area (Å²) in [6, 6.07) is 0.186. The topological polar surface area (TPSA) is 67.4 Å². The van der Waals surface area contributed by atoms with Crippen LogP contribution in [-0.2, 0) is 14.3 Å². The highest BCUT2D eigenvalue weighted by Crippen LogP contribution is 1.95. The van der Waals surface area contributed by atoms with Gasteiger partial charge in [-0.05, 0) is 6.92 Å². The van der Waals surface area contributed by atoms with Gasteiger partial charge >= 0.3 is 5.97 Å². The van der Waals surface area contributed by atoms with E-state index in [-0.39, 0.29) is 11.9 Å². The van der Waals surface area contributed by atoms with Gasteiger partial charge in [-0.2, -0.15) is 0 Å². The van der Waals surface area contributed by atoms with E-state index in [1.807, 2.05) is 0 Å². The first-order valence-corrected chi connectivity index (χ1v) is 4.28. The van der Waals surface area contributed by atoms with E-state index in [0.29, 0.717) is 0 Å². The fourth-order valence-electron chi connectivity index (χ4n) is 1.01. The Kier molecular flexibility index (Phi) is 3.25. The van der Waals surface area contributed by atoms with Gasteiger partial charge in [0.1, 0.15) is 0 Å². The molecule has 1 amide bonds. The summed E-state index contributed by atoms with van der Waals surface area (Å²) in [4.78, 5) is 21.8. The van der Waals surface area contributed by atoms with Crippen LogP contribution in [0.4, 0.5) is 0 Å². The van der Waals surface area contributed by atoms with Gasteiger partial charge in [0.2, 0.25) is 0 Å². The molecule has 1 aliphatic rings. The fraction of sp³-hybridized carbons (Fsp3) is 0.750. The van der Waals surface area contributed by atoms with Crippen molar-refractivity contribution in [3.05, 3.63) is 0 Å². The third-order valence-corrected chi connectivity index (χ3v) is 1.84.